The molecule has 2 aromatic rings. The zero-order chi connectivity index (χ0) is 18.2. The van der Waals surface area contributed by atoms with E-state index in [0.717, 1.165) is 11.3 Å². The van der Waals surface area contributed by atoms with Crippen molar-refractivity contribution in [2.45, 2.75) is 19.6 Å². The highest BCUT2D eigenvalue weighted by Gasteiger charge is 2.14. The van der Waals surface area contributed by atoms with E-state index in [0.29, 0.717) is 17.9 Å². The molecule has 0 bridgehead atoms. The maximum Gasteiger partial charge on any atom is 0.337 e. The van der Waals surface area contributed by atoms with E-state index < -0.39 is 12.1 Å². The Morgan fingerprint density at radius 1 is 1.08 bits per heavy atom. The minimum Gasteiger partial charge on any atom is -0.497 e. The lowest BCUT2D eigenvalue weighted by Crippen LogP contribution is -2.27. The monoisotopic (exact) mass is 343 g/mol. The molecule has 0 heterocycles. The van der Waals surface area contributed by atoms with E-state index in [4.69, 9.17) is 9.47 Å². The Bertz CT molecular complexity index is 727. The first kappa shape index (κ1) is 18.5. The average Bonchev–Trinajstić information content (AvgIpc) is 2.66. The Kier molecular flexibility index (Phi) is 6.54. The zero-order valence-electron chi connectivity index (χ0n) is 14.4. The normalized spacial score (nSPS) is 11.5. The molecule has 132 valence electrons. The molecule has 1 amide bonds. The van der Waals surface area contributed by atoms with Crippen molar-refractivity contribution >= 4 is 17.6 Å². The third-order valence-electron chi connectivity index (χ3n) is 3.58. The van der Waals surface area contributed by atoms with Gasteiger partial charge >= 0.3 is 5.97 Å². The number of carbonyl (C=O) groups excluding carboxylic acids is 2. The predicted octanol–water partition coefficient (Wildman–Crippen LogP) is 3.03. The summed E-state index contributed by atoms with van der Waals surface area (Å²) in [5.74, 6) is 0.0467. The molecule has 2 rings (SSSR count). The minimum atomic E-state index is -0.633. The molecule has 1 atom stereocenters. The molecule has 0 saturated heterocycles. The van der Waals surface area contributed by atoms with Gasteiger partial charge in [-0.1, -0.05) is 12.1 Å². The number of rotatable bonds is 7. The molecule has 0 fully saturated rings. The lowest BCUT2D eigenvalue weighted by Gasteiger charge is -2.14. The Labute approximate surface area is 146 Å². The average molecular weight is 343 g/mol. The molecule has 0 aromatic heterocycles. The van der Waals surface area contributed by atoms with Crippen molar-refractivity contribution in [3.05, 3.63) is 59.7 Å². The summed E-state index contributed by atoms with van der Waals surface area (Å²) >= 11 is 0. The first-order valence-electron chi connectivity index (χ1n) is 7.77. The number of benzene rings is 2. The zero-order valence-corrected chi connectivity index (χ0v) is 14.4. The molecule has 1 N–H and O–H groups in total. The molecule has 2 aromatic carbocycles. The fraction of sp³-hybridized carbons (Fsp3) is 0.263. The first-order chi connectivity index (χ1) is 12.0. The maximum absolute atomic E-state index is 12.2. The molecule has 1 unspecified atom stereocenters. The standard InChI is InChI=1S/C19H21NO5/c1-13(25-12-14-5-4-6-17(11-14)23-2)18(21)20-16-9-7-15(8-10-16)19(22)24-3/h4-11,13H,12H2,1-3H3,(H,20,21). The molecule has 0 radical (unpaired) electrons. The van der Waals surface area contributed by atoms with Gasteiger partial charge in [0.2, 0.25) is 0 Å². The molecule has 6 nitrogen and oxygen atoms in total. The third kappa shape index (κ3) is 5.32. The maximum atomic E-state index is 12.2. The number of anilines is 1. The smallest absolute Gasteiger partial charge is 0.337 e. The summed E-state index contributed by atoms with van der Waals surface area (Å²) in [6, 6.07) is 13.9. The van der Waals surface area contributed by atoms with Gasteiger partial charge in [-0.15, -0.1) is 0 Å². The lowest BCUT2D eigenvalue weighted by atomic mass is 10.2. The van der Waals surface area contributed by atoms with E-state index in [-0.39, 0.29) is 5.91 Å². The number of carbonyl (C=O) groups is 2. The number of nitrogens with one attached hydrogen (secondary N) is 1. The van der Waals surface area contributed by atoms with Crippen LogP contribution in [-0.2, 0) is 20.9 Å². The Morgan fingerprint density at radius 3 is 2.44 bits per heavy atom. The molecular weight excluding hydrogens is 322 g/mol. The molecule has 0 spiro atoms. The van der Waals surface area contributed by atoms with E-state index in [1.165, 1.54) is 7.11 Å². The van der Waals surface area contributed by atoms with E-state index in [2.05, 4.69) is 10.1 Å². The number of methoxy groups -OCH3 is 2. The molecule has 6 heteroatoms. The van der Waals surface area contributed by atoms with E-state index in [1.54, 1.807) is 38.3 Å². The summed E-state index contributed by atoms with van der Waals surface area (Å²) in [5, 5.41) is 2.74. The van der Waals surface area contributed by atoms with Crippen LogP contribution < -0.4 is 10.1 Å². The molecule has 0 aliphatic carbocycles. The van der Waals surface area contributed by atoms with Crippen molar-refractivity contribution in [2.75, 3.05) is 19.5 Å². The van der Waals surface area contributed by atoms with Crippen LogP contribution >= 0.6 is 0 Å². The number of hydrogen-bond acceptors (Lipinski definition) is 5. The van der Waals surface area contributed by atoms with E-state index in [9.17, 15) is 9.59 Å². The quantitative estimate of drug-likeness (QED) is 0.782. The summed E-state index contributed by atoms with van der Waals surface area (Å²) in [5.41, 5.74) is 1.92. The predicted molar refractivity (Wildman–Crippen MR) is 93.7 cm³/mol. The SMILES string of the molecule is COC(=O)c1ccc(NC(=O)C(C)OCc2cccc(OC)c2)cc1. The highest BCUT2D eigenvalue weighted by molar-refractivity contribution is 5.95. The largest absolute Gasteiger partial charge is 0.497 e. The second kappa shape index (κ2) is 8.84. The van der Waals surface area contributed by atoms with Gasteiger partial charge in [-0.3, -0.25) is 4.79 Å². The minimum absolute atomic E-state index is 0.270. The lowest BCUT2D eigenvalue weighted by molar-refractivity contribution is -0.127. The van der Waals surface area contributed by atoms with Gasteiger partial charge in [0.1, 0.15) is 11.9 Å². The number of amides is 1. The van der Waals surface area contributed by atoms with Crippen LogP contribution in [0.2, 0.25) is 0 Å². The molecular formula is C19H21NO5. The summed E-state index contributed by atoms with van der Waals surface area (Å²) in [6.45, 7) is 1.98. The van der Waals surface area contributed by atoms with Gasteiger partial charge in [-0.25, -0.2) is 4.79 Å². The molecule has 25 heavy (non-hydrogen) atoms. The topological polar surface area (TPSA) is 73.9 Å². The third-order valence-corrected chi connectivity index (χ3v) is 3.58. The van der Waals surface area contributed by atoms with Crippen LogP contribution in [0, 0.1) is 0 Å². The second-order valence-electron chi connectivity index (χ2n) is 5.36. The van der Waals surface area contributed by atoms with Crippen molar-refractivity contribution in [2.24, 2.45) is 0 Å². The Morgan fingerprint density at radius 2 is 1.80 bits per heavy atom. The van der Waals surface area contributed by atoms with Gasteiger partial charge in [0.15, 0.2) is 0 Å². The van der Waals surface area contributed by atoms with Crippen LogP contribution in [0.4, 0.5) is 5.69 Å². The highest BCUT2D eigenvalue weighted by atomic mass is 16.5. The van der Waals surface area contributed by atoms with Crippen LogP contribution in [0.1, 0.15) is 22.8 Å². The molecule has 0 aliphatic heterocycles. The van der Waals surface area contributed by atoms with Gasteiger partial charge in [0.05, 0.1) is 26.4 Å². The van der Waals surface area contributed by atoms with Gasteiger partial charge in [0.25, 0.3) is 5.91 Å². The van der Waals surface area contributed by atoms with Crippen LogP contribution in [0.3, 0.4) is 0 Å². The van der Waals surface area contributed by atoms with Crippen LogP contribution in [0.5, 0.6) is 5.75 Å². The van der Waals surface area contributed by atoms with Crippen molar-refractivity contribution in [3.8, 4) is 5.75 Å². The van der Waals surface area contributed by atoms with Gasteiger partial charge in [0, 0.05) is 5.69 Å². The Hall–Kier alpha value is -2.86. The number of esters is 1. The second-order valence-corrected chi connectivity index (χ2v) is 5.36. The van der Waals surface area contributed by atoms with Crippen LogP contribution in [0.25, 0.3) is 0 Å². The molecule has 0 aliphatic rings. The Balaban J connectivity index is 1.88. The van der Waals surface area contributed by atoms with Crippen molar-refractivity contribution in [1.82, 2.24) is 0 Å². The number of ether oxygens (including phenoxy) is 3. The summed E-state index contributed by atoms with van der Waals surface area (Å²) in [4.78, 5) is 23.6. The van der Waals surface area contributed by atoms with Gasteiger partial charge in [-0.05, 0) is 48.9 Å². The fourth-order valence-corrected chi connectivity index (χ4v) is 2.11. The van der Waals surface area contributed by atoms with Gasteiger partial charge < -0.3 is 19.5 Å². The summed E-state index contributed by atoms with van der Waals surface area (Å²) in [6.07, 6.45) is -0.633. The summed E-state index contributed by atoms with van der Waals surface area (Å²) < 4.78 is 15.4. The van der Waals surface area contributed by atoms with Crippen LogP contribution in [0.15, 0.2) is 48.5 Å². The van der Waals surface area contributed by atoms with Crippen molar-refractivity contribution < 1.29 is 23.8 Å². The fourth-order valence-electron chi connectivity index (χ4n) is 2.11. The van der Waals surface area contributed by atoms with E-state index >= 15 is 0 Å². The first-order valence-corrected chi connectivity index (χ1v) is 7.77. The molecule has 0 saturated carbocycles. The van der Waals surface area contributed by atoms with Crippen molar-refractivity contribution in [3.63, 3.8) is 0 Å². The number of hydrogen-bond donors (Lipinski definition) is 1. The van der Waals surface area contributed by atoms with Gasteiger partial charge in [-0.2, -0.15) is 0 Å². The van der Waals surface area contributed by atoms with E-state index in [1.807, 2.05) is 24.3 Å². The van der Waals surface area contributed by atoms with Crippen LogP contribution in [-0.4, -0.2) is 32.2 Å². The highest BCUT2D eigenvalue weighted by Crippen LogP contribution is 2.15. The summed E-state index contributed by atoms with van der Waals surface area (Å²) in [7, 11) is 2.92. The van der Waals surface area contributed by atoms with Crippen molar-refractivity contribution in [1.29, 1.82) is 0 Å².